The summed E-state index contributed by atoms with van der Waals surface area (Å²) >= 11 is 0. The first-order chi connectivity index (χ1) is 7.77. The number of hydrogen-bond donors (Lipinski definition) is 1. The molecule has 2 aromatic heterocycles. The van der Waals surface area contributed by atoms with E-state index in [1.165, 1.54) is 6.33 Å². The van der Waals surface area contributed by atoms with E-state index in [0.29, 0.717) is 11.6 Å². The van der Waals surface area contributed by atoms with Crippen LogP contribution in [0.3, 0.4) is 0 Å². The zero-order valence-electron chi connectivity index (χ0n) is 9.60. The molecule has 0 bridgehead atoms. The highest BCUT2D eigenvalue weighted by atomic mass is 16.1. The Hall–Kier alpha value is -1.65. The summed E-state index contributed by atoms with van der Waals surface area (Å²) < 4.78 is 1.66. The molecule has 5 heteroatoms. The number of nitrogens with one attached hydrogen (secondary N) is 1. The monoisotopic (exact) mass is 220 g/mol. The Bertz CT molecular complexity index is 528. The molecule has 1 unspecified atom stereocenters. The fraction of sp³-hybridized carbons (Fsp3) is 0.545. The van der Waals surface area contributed by atoms with Gasteiger partial charge in [0.25, 0.3) is 5.56 Å². The van der Waals surface area contributed by atoms with Crippen LogP contribution in [0, 0.1) is 0 Å². The number of nitrogens with zero attached hydrogens (tertiary/aromatic N) is 3. The zero-order chi connectivity index (χ0) is 11.5. The van der Waals surface area contributed by atoms with E-state index >= 15 is 0 Å². The summed E-state index contributed by atoms with van der Waals surface area (Å²) in [5, 5.41) is 4.15. The quantitative estimate of drug-likeness (QED) is 0.853. The van der Waals surface area contributed by atoms with E-state index in [1.54, 1.807) is 10.7 Å². The molecule has 0 aromatic carbocycles. The van der Waals surface area contributed by atoms with E-state index in [0.717, 1.165) is 25.0 Å². The molecule has 0 amide bonds. The fourth-order valence-electron chi connectivity index (χ4n) is 2.03. The first-order valence-corrected chi connectivity index (χ1v) is 5.69. The number of rotatable bonds is 4. The van der Waals surface area contributed by atoms with Crippen molar-refractivity contribution in [2.24, 2.45) is 0 Å². The Morgan fingerprint density at radius 2 is 2.31 bits per heavy atom. The van der Waals surface area contributed by atoms with Crippen LogP contribution in [0.15, 0.2) is 17.3 Å². The number of hydrogen-bond acceptors (Lipinski definition) is 3. The van der Waals surface area contributed by atoms with E-state index in [4.69, 9.17) is 0 Å². The van der Waals surface area contributed by atoms with Crippen molar-refractivity contribution in [3.05, 3.63) is 28.6 Å². The van der Waals surface area contributed by atoms with E-state index in [-0.39, 0.29) is 5.56 Å². The Kier molecular flexibility index (Phi) is 3.03. The number of aromatic amines is 1. The average Bonchev–Trinajstić information content (AvgIpc) is 2.71. The van der Waals surface area contributed by atoms with Crippen molar-refractivity contribution < 1.29 is 0 Å². The van der Waals surface area contributed by atoms with Crippen molar-refractivity contribution in [1.82, 2.24) is 19.6 Å². The molecule has 16 heavy (non-hydrogen) atoms. The third-order valence-corrected chi connectivity index (χ3v) is 2.88. The third kappa shape index (κ3) is 1.73. The predicted molar refractivity (Wildman–Crippen MR) is 61.5 cm³/mol. The first-order valence-electron chi connectivity index (χ1n) is 5.69. The fourth-order valence-corrected chi connectivity index (χ4v) is 2.03. The van der Waals surface area contributed by atoms with Gasteiger partial charge in [-0.15, -0.1) is 0 Å². The summed E-state index contributed by atoms with van der Waals surface area (Å²) in [6.45, 7) is 4.30. The van der Waals surface area contributed by atoms with Crippen LogP contribution in [0.4, 0.5) is 0 Å². The van der Waals surface area contributed by atoms with E-state index in [9.17, 15) is 4.79 Å². The molecule has 2 aromatic rings. The lowest BCUT2D eigenvalue weighted by Crippen LogP contribution is -2.13. The van der Waals surface area contributed by atoms with Crippen molar-refractivity contribution in [1.29, 1.82) is 0 Å². The zero-order valence-corrected chi connectivity index (χ0v) is 9.60. The highest BCUT2D eigenvalue weighted by Gasteiger charge is 2.15. The molecule has 0 spiro atoms. The van der Waals surface area contributed by atoms with Gasteiger partial charge in [0.2, 0.25) is 5.65 Å². The predicted octanol–water partition coefficient (Wildman–Crippen LogP) is 1.71. The lowest BCUT2D eigenvalue weighted by molar-refractivity contribution is 0.566. The van der Waals surface area contributed by atoms with Crippen LogP contribution in [0.25, 0.3) is 5.65 Å². The molecule has 5 nitrogen and oxygen atoms in total. The van der Waals surface area contributed by atoms with Gasteiger partial charge in [0.1, 0.15) is 6.33 Å². The van der Waals surface area contributed by atoms with Crippen molar-refractivity contribution >= 4 is 5.65 Å². The molecule has 0 saturated carbocycles. The van der Waals surface area contributed by atoms with Gasteiger partial charge in [0.15, 0.2) is 0 Å². The molecule has 0 radical (unpaired) electrons. The molecular formula is C11H16N4O. The lowest BCUT2D eigenvalue weighted by atomic mass is 9.98. The summed E-state index contributed by atoms with van der Waals surface area (Å²) in [7, 11) is 0. The van der Waals surface area contributed by atoms with E-state index in [2.05, 4.69) is 28.9 Å². The van der Waals surface area contributed by atoms with Crippen LogP contribution in [0.2, 0.25) is 0 Å². The molecule has 1 atom stereocenters. The maximum Gasteiger partial charge on any atom is 0.294 e. The first kappa shape index (κ1) is 10.9. The van der Waals surface area contributed by atoms with Gasteiger partial charge < -0.3 is 4.98 Å². The minimum atomic E-state index is -0.187. The number of fused-ring (bicyclic) bond motifs is 1. The van der Waals surface area contributed by atoms with Gasteiger partial charge in [-0.3, -0.25) is 4.79 Å². The topological polar surface area (TPSA) is 63.0 Å². The third-order valence-electron chi connectivity index (χ3n) is 2.88. The molecule has 0 aliphatic rings. The molecule has 2 heterocycles. The number of H-pyrrole nitrogens is 1. The minimum Gasteiger partial charge on any atom is -0.308 e. The average molecular weight is 220 g/mol. The molecule has 0 saturated heterocycles. The Morgan fingerprint density at radius 1 is 1.50 bits per heavy atom. The Balaban J connectivity index is 2.52. The standard InChI is InChI=1S/C11H16N4O/c1-3-5-8(4-2)9-6-12-10-11(16)13-7-14-15(9)10/h6-8H,3-5H2,1-2H3,(H,13,14,16). The molecule has 2 rings (SSSR count). The van der Waals surface area contributed by atoms with Gasteiger partial charge in [-0.1, -0.05) is 20.3 Å². The van der Waals surface area contributed by atoms with Crippen molar-refractivity contribution in [3.63, 3.8) is 0 Å². The van der Waals surface area contributed by atoms with E-state index in [1.807, 2.05) is 0 Å². The number of aromatic nitrogens is 4. The van der Waals surface area contributed by atoms with Crippen LogP contribution >= 0.6 is 0 Å². The van der Waals surface area contributed by atoms with Gasteiger partial charge in [-0.2, -0.15) is 5.10 Å². The van der Waals surface area contributed by atoms with Crippen molar-refractivity contribution in [2.75, 3.05) is 0 Å². The van der Waals surface area contributed by atoms with Crippen LogP contribution in [-0.4, -0.2) is 19.6 Å². The molecule has 1 N–H and O–H groups in total. The maximum absolute atomic E-state index is 11.5. The van der Waals surface area contributed by atoms with Crippen LogP contribution in [0.1, 0.15) is 44.7 Å². The summed E-state index contributed by atoms with van der Waals surface area (Å²) in [5.74, 6) is 0.425. The Labute approximate surface area is 93.5 Å². The Morgan fingerprint density at radius 3 is 3.00 bits per heavy atom. The van der Waals surface area contributed by atoms with Crippen LogP contribution in [0.5, 0.6) is 0 Å². The molecule has 0 fully saturated rings. The highest BCUT2D eigenvalue weighted by molar-refractivity contribution is 5.36. The van der Waals surface area contributed by atoms with Crippen molar-refractivity contribution in [3.8, 4) is 0 Å². The highest BCUT2D eigenvalue weighted by Crippen LogP contribution is 2.23. The van der Waals surface area contributed by atoms with Gasteiger partial charge in [-0.05, 0) is 12.8 Å². The SMILES string of the molecule is CCCC(CC)c1cnc2c(=O)[nH]cnn12. The summed E-state index contributed by atoms with van der Waals surface area (Å²) in [4.78, 5) is 18.1. The van der Waals surface area contributed by atoms with Gasteiger partial charge >= 0.3 is 0 Å². The summed E-state index contributed by atoms with van der Waals surface area (Å²) in [6, 6.07) is 0. The normalized spacial score (nSPS) is 13.1. The summed E-state index contributed by atoms with van der Waals surface area (Å²) in [5.41, 5.74) is 1.23. The second-order valence-electron chi connectivity index (χ2n) is 3.93. The maximum atomic E-state index is 11.5. The summed E-state index contributed by atoms with van der Waals surface area (Å²) in [6.07, 6.45) is 6.43. The molecule has 86 valence electrons. The van der Waals surface area contributed by atoms with E-state index < -0.39 is 0 Å². The van der Waals surface area contributed by atoms with Gasteiger partial charge in [0.05, 0.1) is 11.9 Å². The molecule has 0 aliphatic carbocycles. The second kappa shape index (κ2) is 4.47. The second-order valence-corrected chi connectivity index (χ2v) is 3.93. The van der Waals surface area contributed by atoms with Crippen LogP contribution in [-0.2, 0) is 0 Å². The molecular weight excluding hydrogens is 204 g/mol. The minimum absolute atomic E-state index is 0.187. The number of imidazole rings is 1. The largest absolute Gasteiger partial charge is 0.308 e. The molecule has 0 aliphatic heterocycles. The van der Waals surface area contributed by atoms with Crippen molar-refractivity contribution in [2.45, 2.75) is 39.0 Å². The van der Waals surface area contributed by atoms with Gasteiger partial charge in [0, 0.05) is 5.92 Å². The van der Waals surface area contributed by atoms with Gasteiger partial charge in [-0.25, -0.2) is 9.50 Å². The lowest BCUT2D eigenvalue weighted by Gasteiger charge is -2.11. The smallest absolute Gasteiger partial charge is 0.294 e. The van der Waals surface area contributed by atoms with Crippen LogP contribution < -0.4 is 5.56 Å².